The monoisotopic (exact) mass is 238 g/mol. The Morgan fingerprint density at radius 1 is 1.35 bits per heavy atom. The van der Waals surface area contributed by atoms with E-state index in [2.05, 4.69) is 10.2 Å². The lowest BCUT2D eigenvalue weighted by atomic mass is 10.1. The first kappa shape index (κ1) is 12.5. The Morgan fingerprint density at radius 3 is 2.82 bits per heavy atom. The summed E-state index contributed by atoms with van der Waals surface area (Å²) in [5.41, 5.74) is 1.16. The number of nitrogens with one attached hydrogen (secondary N) is 1. The van der Waals surface area contributed by atoms with Crippen molar-refractivity contribution in [2.24, 2.45) is 0 Å². The van der Waals surface area contributed by atoms with Crippen LogP contribution in [0.5, 0.6) is 0 Å². The second-order valence-corrected chi connectivity index (χ2v) is 4.51. The van der Waals surface area contributed by atoms with Crippen molar-refractivity contribution in [2.45, 2.75) is 12.5 Å². The largest absolute Gasteiger partial charge is 0.395 e. The Hall–Kier alpha value is -0.970. The summed E-state index contributed by atoms with van der Waals surface area (Å²) in [5.74, 6) is -0.184. The lowest BCUT2D eigenvalue weighted by Gasteiger charge is -2.32. The third-order valence-corrected chi connectivity index (χ3v) is 3.19. The third kappa shape index (κ3) is 3.77. The molecule has 1 heterocycles. The summed E-state index contributed by atoms with van der Waals surface area (Å²) in [4.78, 5) is 2.33. The van der Waals surface area contributed by atoms with E-state index in [4.69, 9.17) is 5.11 Å². The number of benzene rings is 1. The molecular formula is C13H19FN2O. The molecule has 17 heavy (non-hydrogen) atoms. The molecule has 1 saturated heterocycles. The second kappa shape index (κ2) is 6.10. The number of hydrogen-bond donors (Lipinski definition) is 2. The zero-order chi connectivity index (χ0) is 12.1. The van der Waals surface area contributed by atoms with Gasteiger partial charge in [-0.3, -0.25) is 0 Å². The summed E-state index contributed by atoms with van der Waals surface area (Å²) < 4.78 is 12.7. The van der Waals surface area contributed by atoms with Crippen molar-refractivity contribution in [1.29, 1.82) is 0 Å². The molecule has 2 N–H and O–H groups in total. The predicted octanol–water partition coefficient (Wildman–Crippen LogP) is 0.634. The molecule has 1 unspecified atom stereocenters. The maximum absolute atomic E-state index is 12.7. The average Bonchev–Trinajstić information content (AvgIpc) is 2.38. The second-order valence-electron chi connectivity index (χ2n) is 4.51. The molecule has 2 rings (SSSR count). The van der Waals surface area contributed by atoms with Crippen molar-refractivity contribution in [3.05, 3.63) is 35.6 Å². The van der Waals surface area contributed by atoms with E-state index in [0.29, 0.717) is 0 Å². The minimum Gasteiger partial charge on any atom is -0.395 e. The molecule has 0 aliphatic carbocycles. The Bertz CT molecular complexity index is 342. The Kier molecular flexibility index (Phi) is 4.48. The number of aliphatic hydroxyl groups is 1. The van der Waals surface area contributed by atoms with Crippen molar-refractivity contribution >= 4 is 0 Å². The van der Waals surface area contributed by atoms with Gasteiger partial charge in [0, 0.05) is 32.2 Å². The fraction of sp³-hybridized carbons (Fsp3) is 0.538. The van der Waals surface area contributed by atoms with E-state index in [1.54, 1.807) is 0 Å². The molecule has 1 atom stereocenters. The van der Waals surface area contributed by atoms with Crippen LogP contribution in [0.2, 0.25) is 0 Å². The fourth-order valence-electron chi connectivity index (χ4n) is 2.16. The third-order valence-electron chi connectivity index (χ3n) is 3.19. The first-order valence-electron chi connectivity index (χ1n) is 6.09. The van der Waals surface area contributed by atoms with Crippen LogP contribution in [-0.2, 0) is 6.42 Å². The Labute approximate surface area is 101 Å². The van der Waals surface area contributed by atoms with Crippen molar-refractivity contribution in [1.82, 2.24) is 10.2 Å². The lowest BCUT2D eigenvalue weighted by Crippen LogP contribution is -2.52. The van der Waals surface area contributed by atoms with Gasteiger partial charge in [-0.05, 0) is 24.1 Å². The highest BCUT2D eigenvalue weighted by Gasteiger charge is 2.17. The molecule has 3 nitrogen and oxygen atoms in total. The van der Waals surface area contributed by atoms with E-state index in [1.807, 2.05) is 12.1 Å². The summed E-state index contributed by atoms with van der Waals surface area (Å²) in [7, 11) is 0. The zero-order valence-corrected chi connectivity index (χ0v) is 9.90. The van der Waals surface area contributed by atoms with Crippen LogP contribution in [0.15, 0.2) is 24.3 Å². The number of nitrogens with zero attached hydrogens (tertiary/aromatic N) is 1. The van der Waals surface area contributed by atoms with E-state index in [9.17, 15) is 4.39 Å². The zero-order valence-electron chi connectivity index (χ0n) is 9.90. The summed E-state index contributed by atoms with van der Waals surface area (Å²) in [6.45, 7) is 3.97. The van der Waals surface area contributed by atoms with Crippen molar-refractivity contribution < 1.29 is 9.50 Å². The van der Waals surface area contributed by atoms with Crippen LogP contribution in [0.4, 0.5) is 4.39 Å². The maximum Gasteiger partial charge on any atom is 0.123 e. The van der Waals surface area contributed by atoms with Gasteiger partial charge in [0.15, 0.2) is 0 Å². The predicted molar refractivity (Wildman–Crippen MR) is 65.4 cm³/mol. The molecule has 94 valence electrons. The normalized spacial score (nSPS) is 21.6. The van der Waals surface area contributed by atoms with Crippen LogP contribution < -0.4 is 5.32 Å². The van der Waals surface area contributed by atoms with Gasteiger partial charge < -0.3 is 15.3 Å². The van der Waals surface area contributed by atoms with Gasteiger partial charge in [0.2, 0.25) is 0 Å². The molecule has 1 fully saturated rings. The van der Waals surface area contributed by atoms with Crippen LogP contribution in [0.1, 0.15) is 5.56 Å². The molecule has 0 amide bonds. The van der Waals surface area contributed by atoms with Crippen LogP contribution in [0, 0.1) is 5.82 Å². The molecule has 4 heteroatoms. The van der Waals surface area contributed by atoms with Crippen molar-refractivity contribution in [3.8, 4) is 0 Å². The average molecular weight is 238 g/mol. The van der Waals surface area contributed by atoms with Gasteiger partial charge in [-0.15, -0.1) is 0 Å². The number of halogens is 1. The summed E-state index contributed by atoms with van der Waals surface area (Å²) in [6, 6.07) is 6.87. The highest BCUT2D eigenvalue weighted by molar-refractivity contribution is 5.16. The van der Waals surface area contributed by atoms with E-state index in [0.717, 1.165) is 38.2 Å². The molecule has 0 bridgehead atoms. The summed E-state index contributed by atoms with van der Waals surface area (Å²) in [6.07, 6.45) is 0.929. The van der Waals surface area contributed by atoms with E-state index in [-0.39, 0.29) is 18.5 Å². The number of rotatable bonds is 4. The highest BCUT2D eigenvalue weighted by atomic mass is 19.1. The SMILES string of the molecule is OCC1CN(CCc2ccc(F)cc2)CCN1. The van der Waals surface area contributed by atoms with E-state index >= 15 is 0 Å². The molecule has 0 saturated carbocycles. The lowest BCUT2D eigenvalue weighted by molar-refractivity contribution is 0.149. The molecule has 0 radical (unpaired) electrons. The van der Waals surface area contributed by atoms with E-state index in [1.165, 1.54) is 12.1 Å². The van der Waals surface area contributed by atoms with Crippen LogP contribution in [0.25, 0.3) is 0 Å². The van der Waals surface area contributed by atoms with Gasteiger partial charge >= 0.3 is 0 Å². The van der Waals surface area contributed by atoms with Gasteiger partial charge in [0.05, 0.1) is 6.61 Å². The van der Waals surface area contributed by atoms with Gasteiger partial charge in [0.1, 0.15) is 5.82 Å². The fourth-order valence-corrected chi connectivity index (χ4v) is 2.16. The molecule has 1 aromatic rings. The van der Waals surface area contributed by atoms with Crippen LogP contribution >= 0.6 is 0 Å². The van der Waals surface area contributed by atoms with Gasteiger partial charge in [-0.25, -0.2) is 4.39 Å². The number of aliphatic hydroxyl groups excluding tert-OH is 1. The van der Waals surface area contributed by atoms with Gasteiger partial charge in [-0.2, -0.15) is 0 Å². The van der Waals surface area contributed by atoms with Crippen molar-refractivity contribution in [2.75, 3.05) is 32.8 Å². The van der Waals surface area contributed by atoms with Gasteiger partial charge in [0.25, 0.3) is 0 Å². The molecule has 0 spiro atoms. The molecule has 1 aliphatic heterocycles. The smallest absolute Gasteiger partial charge is 0.123 e. The molecule has 1 aliphatic rings. The Morgan fingerprint density at radius 2 is 2.12 bits per heavy atom. The summed E-state index contributed by atoms with van der Waals surface area (Å²) in [5, 5.41) is 12.4. The number of hydrogen-bond acceptors (Lipinski definition) is 3. The first-order chi connectivity index (χ1) is 8.28. The van der Waals surface area contributed by atoms with E-state index < -0.39 is 0 Å². The highest BCUT2D eigenvalue weighted by Crippen LogP contribution is 2.06. The molecule has 1 aromatic carbocycles. The molecule has 0 aromatic heterocycles. The Balaban J connectivity index is 1.79. The van der Waals surface area contributed by atoms with Gasteiger partial charge in [-0.1, -0.05) is 12.1 Å². The summed E-state index contributed by atoms with van der Waals surface area (Å²) >= 11 is 0. The van der Waals surface area contributed by atoms with Crippen molar-refractivity contribution in [3.63, 3.8) is 0 Å². The number of piperazine rings is 1. The minimum absolute atomic E-state index is 0.184. The minimum atomic E-state index is -0.184. The quantitative estimate of drug-likeness (QED) is 0.808. The molecular weight excluding hydrogens is 219 g/mol. The van der Waals surface area contributed by atoms with Crippen LogP contribution in [0.3, 0.4) is 0 Å². The first-order valence-corrected chi connectivity index (χ1v) is 6.09. The van der Waals surface area contributed by atoms with Crippen LogP contribution in [-0.4, -0.2) is 48.8 Å². The maximum atomic E-state index is 12.7. The standard InChI is InChI=1S/C13H19FN2O/c14-12-3-1-11(2-4-12)5-7-16-8-6-15-13(9-16)10-17/h1-4,13,15,17H,5-10H2. The topological polar surface area (TPSA) is 35.5 Å².